The number of halogens is 2. The van der Waals surface area contributed by atoms with E-state index < -0.39 is 5.41 Å². The lowest BCUT2D eigenvalue weighted by Crippen LogP contribution is -2.57. The molecule has 3 nitrogen and oxygen atoms in total. The van der Waals surface area contributed by atoms with E-state index in [1.54, 1.807) is 0 Å². The highest BCUT2D eigenvalue weighted by Crippen LogP contribution is 2.55. The number of likely N-dealkylation sites (tertiary alicyclic amines) is 1. The molecule has 4 atom stereocenters. The smallest absolute Gasteiger partial charge is 0.229 e. The summed E-state index contributed by atoms with van der Waals surface area (Å²) in [5, 5.41) is 11.8. The summed E-state index contributed by atoms with van der Waals surface area (Å²) in [4.78, 5) is 16.2. The highest BCUT2D eigenvalue weighted by molar-refractivity contribution is 6.30. The molecule has 5 heteroatoms. The van der Waals surface area contributed by atoms with Crippen molar-refractivity contribution in [3.8, 4) is 0 Å². The zero-order valence-electron chi connectivity index (χ0n) is 18.5. The first kappa shape index (κ1) is 23.4. The van der Waals surface area contributed by atoms with Crippen molar-refractivity contribution in [1.82, 2.24) is 4.90 Å². The van der Waals surface area contributed by atoms with Gasteiger partial charge < -0.3 is 10.0 Å². The molecule has 1 N–H and O–H groups in total. The Morgan fingerprint density at radius 2 is 1.88 bits per heavy atom. The van der Waals surface area contributed by atoms with E-state index in [1.165, 1.54) is 0 Å². The Hall–Kier alpha value is -1.81. The van der Waals surface area contributed by atoms with Gasteiger partial charge in [0, 0.05) is 16.0 Å². The van der Waals surface area contributed by atoms with Crippen LogP contribution in [-0.4, -0.2) is 28.6 Å². The van der Waals surface area contributed by atoms with Crippen LogP contribution in [0.3, 0.4) is 0 Å². The molecule has 2 aromatic rings. The maximum absolute atomic E-state index is 14.2. The average molecular weight is 472 g/mol. The Balaban J connectivity index is 1.91. The summed E-state index contributed by atoms with van der Waals surface area (Å²) in [6, 6.07) is 15.4. The van der Waals surface area contributed by atoms with Gasteiger partial charge in [-0.1, -0.05) is 60.5 Å². The van der Waals surface area contributed by atoms with E-state index in [2.05, 4.69) is 19.6 Å². The molecule has 32 heavy (non-hydrogen) atoms. The van der Waals surface area contributed by atoms with E-state index in [-0.39, 0.29) is 30.5 Å². The number of allylic oxidation sites excluding steroid dienone is 1. The monoisotopic (exact) mass is 471 g/mol. The first-order valence-corrected chi connectivity index (χ1v) is 12.2. The maximum Gasteiger partial charge on any atom is 0.229 e. The number of aliphatic hydroxyl groups is 1. The minimum Gasteiger partial charge on any atom is -0.394 e. The second-order valence-corrected chi connectivity index (χ2v) is 10.2. The average Bonchev–Trinajstić information content (AvgIpc) is 3.63. The van der Waals surface area contributed by atoms with Crippen molar-refractivity contribution in [1.29, 1.82) is 0 Å². The van der Waals surface area contributed by atoms with Crippen molar-refractivity contribution in [2.75, 3.05) is 6.61 Å². The fraction of sp³-hybridized carbons (Fsp3) is 0.444. The number of hydrogen-bond donors (Lipinski definition) is 1. The number of amides is 1. The Bertz CT molecular complexity index is 972. The Morgan fingerprint density at radius 3 is 2.44 bits per heavy atom. The lowest BCUT2D eigenvalue weighted by atomic mass is 9.65. The molecule has 1 saturated heterocycles. The molecule has 1 saturated carbocycles. The predicted octanol–water partition coefficient (Wildman–Crippen LogP) is 6.79. The number of hydrogen-bond acceptors (Lipinski definition) is 2. The van der Waals surface area contributed by atoms with Gasteiger partial charge in [0.05, 0.1) is 24.1 Å². The zero-order valence-corrected chi connectivity index (χ0v) is 20.0. The van der Waals surface area contributed by atoms with E-state index in [0.717, 1.165) is 30.4 Å². The van der Waals surface area contributed by atoms with Gasteiger partial charge in [-0.15, -0.1) is 6.58 Å². The zero-order chi connectivity index (χ0) is 22.9. The molecule has 0 spiro atoms. The molecule has 0 aromatic heterocycles. The van der Waals surface area contributed by atoms with Gasteiger partial charge in [0.2, 0.25) is 5.91 Å². The number of carbonyl (C=O) groups excluding carboxylic acids is 1. The van der Waals surface area contributed by atoms with Crippen LogP contribution < -0.4 is 0 Å². The van der Waals surface area contributed by atoms with Gasteiger partial charge in [-0.05, 0) is 73.4 Å². The molecule has 1 amide bonds. The largest absolute Gasteiger partial charge is 0.394 e. The number of aliphatic hydroxyl groups excluding tert-OH is 1. The Morgan fingerprint density at radius 1 is 1.16 bits per heavy atom. The standard InChI is InChI=1S/C27H31Cl2NO2/c1-3-14-27(4-2)16-23(20-6-5-7-22(29)15-20)25(19-10-12-21(28)13-11-19)30(26(27)32)24(17-31)18-8-9-18/h3,5-7,10-13,15,18,23-25,31H,1,4,8-9,14,16-17H2,2H3/t23?,24?,25-,27+/m1/s1. The van der Waals surface area contributed by atoms with Crippen LogP contribution in [0.4, 0.5) is 0 Å². The minimum atomic E-state index is -0.542. The first-order valence-electron chi connectivity index (χ1n) is 11.5. The van der Waals surface area contributed by atoms with Gasteiger partial charge in [-0.2, -0.15) is 0 Å². The lowest BCUT2D eigenvalue weighted by Gasteiger charge is -2.53. The van der Waals surface area contributed by atoms with E-state index >= 15 is 0 Å². The summed E-state index contributed by atoms with van der Waals surface area (Å²) in [6.07, 6.45) is 6.01. The lowest BCUT2D eigenvalue weighted by molar-refractivity contribution is -0.158. The van der Waals surface area contributed by atoms with Gasteiger partial charge in [-0.25, -0.2) is 0 Å². The fourth-order valence-electron chi connectivity index (χ4n) is 5.49. The summed E-state index contributed by atoms with van der Waals surface area (Å²) in [5.41, 5.74) is 1.61. The highest BCUT2D eigenvalue weighted by Gasteiger charge is 2.54. The molecular formula is C27H31Cl2NO2. The van der Waals surface area contributed by atoms with Crippen LogP contribution in [0.15, 0.2) is 61.2 Å². The molecule has 170 valence electrons. The van der Waals surface area contributed by atoms with Crippen molar-refractivity contribution >= 4 is 29.1 Å². The fourth-order valence-corrected chi connectivity index (χ4v) is 5.82. The van der Waals surface area contributed by atoms with Crippen LogP contribution >= 0.6 is 23.2 Å². The molecular weight excluding hydrogens is 441 g/mol. The third-order valence-corrected chi connectivity index (χ3v) is 7.88. The van der Waals surface area contributed by atoms with E-state index in [9.17, 15) is 9.90 Å². The number of carbonyl (C=O) groups is 1. The van der Waals surface area contributed by atoms with Gasteiger partial charge in [0.15, 0.2) is 0 Å². The van der Waals surface area contributed by atoms with Gasteiger partial charge >= 0.3 is 0 Å². The van der Waals surface area contributed by atoms with Crippen LogP contribution in [0.5, 0.6) is 0 Å². The normalized spacial score (nSPS) is 26.8. The van der Waals surface area contributed by atoms with Gasteiger partial charge in [0.1, 0.15) is 0 Å². The van der Waals surface area contributed by atoms with Crippen LogP contribution in [0.25, 0.3) is 0 Å². The number of piperidine rings is 1. The van der Waals surface area contributed by atoms with Crippen molar-refractivity contribution in [2.45, 2.75) is 57.0 Å². The third kappa shape index (κ3) is 4.35. The minimum absolute atomic E-state index is 0.0311. The van der Waals surface area contributed by atoms with Gasteiger partial charge in [-0.3, -0.25) is 4.79 Å². The van der Waals surface area contributed by atoms with Crippen molar-refractivity contribution < 1.29 is 9.90 Å². The van der Waals surface area contributed by atoms with E-state index in [0.29, 0.717) is 28.8 Å². The van der Waals surface area contributed by atoms with Crippen molar-refractivity contribution in [3.05, 3.63) is 82.4 Å². The molecule has 0 bridgehead atoms. The number of nitrogens with zero attached hydrogens (tertiary/aromatic N) is 1. The molecule has 1 heterocycles. The predicted molar refractivity (Wildman–Crippen MR) is 131 cm³/mol. The van der Waals surface area contributed by atoms with Gasteiger partial charge in [0.25, 0.3) is 0 Å². The highest BCUT2D eigenvalue weighted by atomic mass is 35.5. The molecule has 2 unspecified atom stereocenters. The molecule has 2 aromatic carbocycles. The van der Waals surface area contributed by atoms with Crippen molar-refractivity contribution in [3.63, 3.8) is 0 Å². The number of benzene rings is 2. The molecule has 1 aliphatic heterocycles. The van der Waals surface area contributed by atoms with Crippen molar-refractivity contribution in [2.24, 2.45) is 11.3 Å². The third-order valence-electron chi connectivity index (χ3n) is 7.39. The van der Waals surface area contributed by atoms with Crippen LogP contribution in [-0.2, 0) is 4.79 Å². The molecule has 1 aliphatic carbocycles. The first-order chi connectivity index (χ1) is 15.4. The Labute approximate surface area is 201 Å². The number of rotatable bonds is 8. The maximum atomic E-state index is 14.2. The van der Waals surface area contributed by atoms with Crippen LogP contribution in [0.2, 0.25) is 10.0 Å². The SMILES string of the molecule is C=CC[C@@]1(CC)CC(c2cccc(Cl)c2)[C@@H](c2ccc(Cl)cc2)N(C(CO)C2CC2)C1=O. The van der Waals surface area contributed by atoms with Crippen LogP contribution in [0, 0.1) is 11.3 Å². The van der Waals surface area contributed by atoms with E-state index in [1.807, 2.05) is 53.4 Å². The van der Waals surface area contributed by atoms with Crippen LogP contribution in [0.1, 0.15) is 62.1 Å². The summed E-state index contributed by atoms with van der Waals surface area (Å²) in [6.45, 7) is 6.02. The quantitative estimate of drug-likeness (QED) is 0.430. The topological polar surface area (TPSA) is 40.5 Å². The second-order valence-electron chi connectivity index (χ2n) is 9.29. The Kier molecular flexibility index (Phi) is 7.00. The summed E-state index contributed by atoms with van der Waals surface area (Å²) in [5.74, 6) is 0.513. The molecule has 4 rings (SSSR count). The molecule has 2 fully saturated rings. The molecule has 2 aliphatic rings. The summed E-state index contributed by atoms with van der Waals surface area (Å²) < 4.78 is 0. The summed E-state index contributed by atoms with van der Waals surface area (Å²) in [7, 11) is 0. The van der Waals surface area contributed by atoms with E-state index in [4.69, 9.17) is 23.2 Å². The molecule has 0 radical (unpaired) electrons. The summed E-state index contributed by atoms with van der Waals surface area (Å²) >= 11 is 12.6. The second kappa shape index (κ2) is 9.59.